The van der Waals surface area contributed by atoms with E-state index in [-0.39, 0.29) is 5.41 Å². The van der Waals surface area contributed by atoms with E-state index < -0.39 is 5.41 Å². The quantitative estimate of drug-likeness (QED) is 0.181. The highest BCUT2D eigenvalue weighted by atomic mass is 15.1. The van der Waals surface area contributed by atoms with Gasteiger partial charge in [0.25, 0.3) is 0 Å². The van der Waals surface area contributed by atoms with Crippen LogP contribution in [0, 0.1) is 0 Å². The molecule has 3 aliphatic carbocycles. The second kappa shape index (κ2) is 10.8. The van der Waals surface area contributed by atoms with Crippen LogP contribution in [0.15, 0.2) is 194 Å². The van der Waals surface area contributed by atoms with Gasteiger partial charge in [0.1, 0.15) is 0 Å². The van der Waals surface area contributed by atoms with E-state index in [0.717, 1.165) is 11.4 Å². The molecule has 8 aromatic carbocycles. The summed E-state index contributed by atoms with van der Waals surface area (Å²) in [6.45, 7) is 2.40. The van der Waals surface area contributed by atoms with E-state index in [4.69, 9.17) is 0 Å². The van der Waals surface area contributed by atoms with Crippen LogP contribution >= 0.6 is 0 Å². The fraction of sp³-hybridized carbons (Fsp3) is 0.0588. The van der Waals surface area contributed by atoms with E-state index in [1.54, 1.807) is 0 Å². The van der Waals surface area contributed by atoms with E-state index in [1.807, 2.05) is 0 Å². The summed E-state index contributed by atoms with van der Waals surface area (Å²) >= 11 is 0. The first-order valence-electron chi connectivity index (χ1n) is 18.3. The highest BCUT2D eigenvalue weighted by Crippen LogP contribution is 2.65. The Kier molecular flexibility index (Phi) is 6.08. The Bertz CT molecular complexity index is 2660. The van der Waals surface area contributed by atoms with Crippen molar-refractivity contribution in [3.63, 3.8) is 0 Å². The van der Waals surface area contributed by atoms with Crippen molar-refractivity contribution in [1.29, 1.82) is 0 Å². The van der Waals surface area contributed by atoms with Crippen molar-refractivity contribution in [2.45, 2.75) is 17.8 Å². The SMILES string of the molecule is CC1(c2ccccc2)c2ccccc2-c2ccc(N(c3ccccc3)c3cccc4c3-c3ccccc3C43c4ccccc4-c4ccccc43)cc21. The number of para-hydroxylation sites is 1. The molecule has 1 spiro atoms. The topological polar surface area (TPSA) is 3.24 Å². The Balaban J connectivity index is 1.20. The van der Waals surface area contributed by atoms with Gasteiger partial charge in [0.2, 0.25) is 0 Å². The summed E-state index contributed by atoms with van der Waals surface area (Å²) in [6, 6.07) is 72.2. The van der Waals surface area contributed by atoms with Crippen LogP contribution in [0.2, 0.25) is 0 Å². The largest absolute Gasteiger partial charge is 0.310 e. The maximum absolute atomic E-state index is 2.50. The fourth-order valence-corrected chi connectivity index (χ4v) is 10.0. The molecule has 0 N–H and O–H groups in total. The third-order valence-electron chi connectivity index (χ3n) is 12.2. The van der Waals surface area contributed by atoms with Crippen LogP contribution in [0.1, 0.15) is 45.9 Å². The number of hydrogen-bond acceptors (Lipinski definition) is 1. The van der Waals surface area contributed by atoms with Crippen LogP contribution in [0.3, 0.4) is 0 Å². The number of anilines is 3. The molecule has 8 aromatic rings. The highest BCUT2D eigenvalue weighted by molar-refractivity contribution is 6.01. The molecule has 0 aliphatic heterocycles. The van der Waals surface area contributed by atoms with Gasteiger partial charge < -0.3 is 4.90 Å². The zero-order valence-corrected chi connectivity index (χ0v) is 28.9. The summed E-state index contributed by atoms with van der Waals surface area (Å²) in [7, 11) is 0. The summed E-state index contributed by atoms with van der Waals surface area (Å²) in [5.74, 6) is 0. The lowest BCUT2D eigenvalue weighted by Gasteiger charge is -2.33. The van der Waals surface area contributed by atoms with Crippen LogP contribution in [-0.2, 0) is 10.8 Å². The van der Waals surface area contributed by atoms with Gasteiger partial charge in [0.05, 0.1) is 11.1 Å². The molecular weight excluding hydrogens is 627 g/mol. The first kappa shape index (κ1) is 29.3. The summed E-state index contributed by atoms with van der Waals surface area (Å²) in [5, 5.41) is 0. The smallest absolute Gasteiger partial charge is 0.0726 e. The van der Waals surface area contributed by atoms with Gasteiger partial charge in [-0.3, -0.25) is 0 Å². The Morgan fingerprint density at radius 3 is 1.48 bits per heavy atom. The van der Waals surface area contributed by atoms with Gasteiger partial charge in [-0.25, -0.2) is 0 Å². The number of rotatable bonds is 4. The predicted molar refractivity (Wildman–Crippen MR) is 215 cm³/mol. The minimum absolute atomic E-state index is 0.294. The first-order valence-corrected chi connectivity index (χ1v) is 18.3. The monoisotopic (exact) mass is 661 g/mol. The second-order valence-electron chi connectivity index (χ2n) is 14.5. The Hall–Kier alpha value is -6.44. The lowest BCUT2D eigenvalue weighted by molar-refractivity contribution is 0.714. The third-order valence-corrected chi connectivity index (χ3v) is 12.2. The molecule has 0 saturated carbocycles. The molecule has 1 atom stereocenters. The third kappa shape index (κ3) is 3.67. The van der Waals surface area contributed by atoms with Gasteiger partial charge in [-0.05, 0) is 104 Å². The maximum Gasteiger partial charge on any atom is 0.0726 e. The molecule has 11 rings (SSSR count). The van der Waals surface area contributed by atoms with E-state index in [9.17, 15) is 0 Å². The fourth-order valence-electron chi connectivity index (χ4n) is 10.0. The average Bonchev–Trinajstić information content (AvgIpc) is 3.79. The summed E-state index contributed by atoms with van der Waals surface area (Å²) in [5.41, 5.74) is 20.0. The van der Waals surface area contributed by atoms with Crippen LogP contribution in [0.25, 0.3) is 33.4 Å². The molecule has 244 valence electrons. The lowest BCUT2D eigenvalue weighted by atomic mass is 9.70. The maximum atomic E-state index is 2.50. The highest BCUT2D eigenvalue weighted by Gasteiger charge is 2.52. The normalized spacial score (nSPS) is 16.4. The van der Waals surface area contributed by atoms with Crippen molar-refractivity contribution < 1.29 is 0 Å². The number of fused-ring (bicyclic) bond motifs is 13. The van der Waals surface area contributed by atoms with Gasteiger partial charge in [0.15, 0.2) is 0 Å². The van der Waals surface area contributed by atoms with Crippen molar-refractivity contribution in [1.82, 2.24) is 0 Å². The summed E-state index contributed by atoms with van der Waals surface area (Å²) < 4.78 is 0. The molecule has 0 radical (unpaired) electrons. The molecule has 0 heterocycles. The van der Waals surface area contributed by atoms with E-state index >= 15 is 0 Å². The number of nitrogens with zero attached hydrogens (tertiary/aromatic N) is 1. The summed E-state index contributed by atoms with van der Waals surface area (Å²) in [6.07, 6.45) is 0. The minimum atomic E-state index is -0.400. The van der Waals surface area contributed by atoms with Crippen molar-refractivity contribution >= 4 is 17.1 Å². The second-order valence-corrected chi connectivity index (χ2v) is 14.5. The molecule has 0 fully saturated rings. The van der Waals surface area contributed by atoms with Crippen LogP contribution in [0.4, 0.5) is 17.1 Å². The molecule has 1 unspecified atom stereocenters. The average molecular weight is 662 g/mol. The van der Waals surface area contributed by atoms with E-state index in [1.165, 1.54) is 78.0 Å². The lowest BCUT2D eigenvalue weighted by Crippen LogP contribution is -2.26. The first-order chi connectivity index (χ1) is 25.7. The Labute approximate surface area is 305 Å². The Morgan fingerprint density at radius 2 is 0.827 bits per heavy atom. The van der Waals surface area contributed by atoms with Crippen molar-refractivity contribution in [2.24, 2.45) is 0 Å². The van der Waals surface area contributed by atoms with Crippen molar-refractivity contribution in [3.05, 3.63) is 233 Å². The molecule has 0 amide bonds. The van der Waals surface area contributed by atoms with Crippen LogP contribution < -0.4 is 4.90 Å². The van der Waals surface area contributed by atoms with Crippen molar-refractivity contribution in [2.75, 3.05) is 4.90 Å². The van der Waals surface area contributed by atoms with Gasteiger partial charge in [-0.15, -0.1) is 0 Å². The standard InChI is InChI=1S/C51H35N/c1-50(34-17-4-2-5-18-34)42-25-12-8-21-37(42)40-32-31-36(33-47(40)50)52(35-19-6-3-7-20-35)48-30-16-29-46-49(48)41-24-11-15-28-45(41)51(46)43-26-13-9-22-38(43)39-23-10-14-27-44(39)51/h2-33H,1H3. The molecule has 0 saturated heterocycles. The molecule has 3 aliphatic rings. The molecular formula is C51H35N. The number of hydrogen-bond donors (Lipinski definition) is 0. The van der Waals surface area contributed by atoms with Gasteiger partial charge in [0, 0.05) is 22.4 Å². The molecule has 1 heteroatoms. The van der Waals surface area contributed by atoms with Crippen LogP contribution in [0.5, 0.6) is 0 Å². The van der Waals surface area contributed by atoms with Gasteiger partial charge in [-0.2, -0.15) is 0 Å². The minimum Gasteiger partial charge on any atom is -0.310 e. The van der Waals surface area contributed by atoms with E-state index in [2.05, 4.69) is 206 Å². The Morgan fingerprint density at radius 1 is 0.346 bits per heavy atom. The van der Waals surface area contributed by atoms with Gasteiger partial charge >= 0.3 is 0 Å². The summed E-state index contributed by atoms with van der Waals surface area (Å²) in [4.78, 5) is 2.50. The predicted octanol–water partition coefficient (Wildman–Crippen LogP) is 12.8. The molecule has 52 heavy (non-hydrogen) atoms. The zero-order valence-electron chi connectivity index (χ0n) is 28.9. The molecule has 0 bridgehead atoms. The van der Waals surface area contributed by atoms with E-state index in [0.29, 0.717) is 0 Å². The molecule has 0 aromatic heterocycles. The molecule has 1 nitrogen and oxygen atoms in total. The van der Waals surface area contributed by atoms with Crippen LogP contribution in [-0.4, -0.2) is 0 Å². The zero-order chi connectivity index (χ0) is 34.4. The van der Waals surface area contributed by atoms with Gasteiger partial charge in [-0.1, -0.05) is 164 Å². The number of benzene rings is 8. The van der Waals surface area contributed by atoms with Crippen molar-refractivity contribution in [3.8, 4) is 33.4 Å².